The third-order valence-electron chi connectivity index (χ3n) is 1.95. The van der Waals surface area contributed by atoms with Crippen LogP contribution in [0.4, 0.5) is 0 Å². The standard InChI is InChI=1S/C10H16/c1-2-3-7-10-8-5-4-6-9-10/h3-5,7,10H,2,6,8-9H2,1H3/b7-3-. The fourth-order valence-corrected chi connectivity index (χ4v) is 1.32. The molecule has 1 aliphatic rings. The van der Waals surface area contributed by atoms with Crippen molar-refractivity contribution < 1.29 is 0 Å². The normalized spacial score (nSPS) is 25.9. The van der Waals surface area contributed by atoms with Crippen molar-refractivity contribution in [3.05, 3.63) is 24.3 Å². The van der Waals surface area contributed by atoms with Gasteiger partial charge in [-0.15, -0.1) is 0 Å². The second kappa shape index (κ2) is 4.32. The van der Waals surface area contributed by atoms with E-state index < -0.39 is 0 Å². The summed E-state index contributed by atoms with van der Waals surface area (Å²) < 4.78 is 0. The van der Waals surface area contributed by atoms with Gasteiger partial charge in [0.25, 0.3) is 0 Å². The Bertz CT molecular complexity index is 131. The molecule has 0 aromatic heterocycles. The maximum absolute atomic E-state index is 2.36. The van der Waals surface area contributed by atoms with Gasteiger partial charge in [-0.05, 0) is 31.6 Å². The molecular weight excluding hydrogens is 120 g/mol. The van der Waals surface area contributed by atoms with Crippen LogP contribution in [0, 0.1) is 5.92 Å². The van der Waals surface area contributed by atoms with Crippen molar-refractivity contribution in [2.75, 3.05) is 0 Å². The Hall–Kier alpha value is -0.520. The molecule has 1 unspecified atom stereocenters. The van der Waals surface area contributed by atoms with E-state index in [0.717, 1.165) is 5.92 Å². The summed E-state index contributed by atoms with van der Waals surface area (Å²) in [5.41, 5.74) is 0. The number of hydrogen-bond acceptors (Lipinski definition) is 0. The first-order valence-corrected chi connectivity index (χ1v) is 4.25. The molecule has 0 aliphatic heterocycles. The number of allylic oxidation sites excluding steroid dienone is 4. The summed E-state index contributed by atoms with van der Waals surface area (Å²) in [5, 5.41) is 0. The summed E-state index contributed by atoms with van der Waals surface area (Å²) in [6.45, 7) is 2.19. The largest absolute Gasteiger partial charge is 0.0885 e. The lowest BCUT2D eigenvalue weighted by molar-refractivity contribution is 0.582. The summed E-state index contributed by atoms with van der Waals surface area (Å²) in [4.78, 5) is 0. The Morgan fingerprint density at radius 1 is 1.50 bits per heavy atom. The minimum absolute atomic E-state index is 0.838. The van der Waals surface area contributed by atoms with Crippen LogP contribution >= 0.6 is 0 Å². The van der Waals surface area contributed by atoms with Gasteiger partial charge in [0.2, 0.25) is 0 Å². The highest BCUT2D eigenvalue weighted by molar-refractivity contribution is 4.98. The van der Waals surface area contributed by atoms with E-state index >= 15 is 0 Å². The molecule has 56 valence electrons. The van der Waals surface area contributed by atoms with Crippen molar-refractivity contribution in [3.63, 3.8) is 0 Å². The van der Waals surface area contributed by atoms with Crippen LogP contribution in [0.25, 0.3) is 0 Å². The average molecular weight is 136 g/mol. The van der Waals surface area contributed by atoms with Crippen molar-refractivity contribution in [1.82, 2.24) is 0 Å². The van der Waals surface area contributed by atoms with E-state index in [1.165, 1.54) is 25.7 Å². The zero-order valence-corrected chi connectivity index (χ0v) is 6.72. The summed E-state index contributed by atoms with van der Waals surface area (Å²) in [6.07, 6.45) is 14.3. The van der Waals surface area contributed by atoms with Gasteiger partial charge in [0.15, 0.2) is 0 Å². The number of hydrogen-bond donors (Lipinski definition) is 0. The first-order chi connectivity index (χ1) is 4.93. The van der Waals surface area contributed by atoms with Crippen LogP contribution in [0.5, 0.6) is 0 Å². The summed E-state index contributed by atoms with van der Waals surface area (Å²) >= 11 is 0. The first kappa shape index (κ1) is 7.59. The van der Waals surface area contributed by atoms with Gasteiger partial charge in [0.1, 0.15) is 0 Å². The second-order valence-electron chi connectivity index (χ2n) is 2.88. The minimum atomic E-state index is 0.838. The lowest BCUT2D eigenvalue weighted by atomic mass is 9.94. The van der Waals surface area contributed by atoms with Crippen molar-refractivity contribution in [3.8, 4) is 0 Å². The van der Waals surface area contributed by atoms with Crippen molar-refractivity contribution in [2.45, 2.75) is 32.6 Å². The maximum atomic E-state index is 2.36. The molecule has 10 heavy (non-hydrogen) atoms. The monoisotopic (exact) mass is 136 g/mol. The predicted molar refractivity (Wildman–Crippen MR) is 45.9 cm³/mol. The van der Waals surface area contributed by atoms with Crippen LogP contribution in [0.1, 0.15) is 32.6 Å². The van der Waals surface area contributed by atoms with E-state index in [2.05, 4.69) is 31.2 Å². The molecule has 0 amide bonds. The lowest BCUT2D eigenvalue weighted by Gasteiger charge is -2.12. The molecule has 1 rings (SSSR count). The van der Waals surface area contributed by atoms with Crippen LogP contribution in [-0.4, -0.2) is 0 Å². The van der Waals surface area contributed by atoms with Crippen molar-refractivity contribution >= 4 is 0 Å². The molecule has 0 aromatic rings. The molecule has 0 bridgehead atoms. The Balaban J connectivity index is 2.28. The highest BCUT2D eigenvalue weighted by Crippen LogP contribution is 2.18. The first-order valence-electron chi connectivity index (χ1n) is 4.25. The van der Waals surface area contributed by atoms with Gasteiger partial charge < -0.3 is 0 Å². The van der Waals surface area contributed by atoms with E-state index in [4.69, 9.17) is 0 Å². The lowest BCUT2D eigenvalue weighted by Crippen LogP contribution is -1.97. The van der Waals surface area contributed by atoms with E-state index in [1.807, 2.05) is 0 Å². The minimum Gasteiger partial charge on any atom is -0.0885 e. The molecule has 1 atom stereocenters. The third kappa shape index (κ3) is 2.38. The highest BCUT2D eigenvalue weighted by atomic mass is 14.1. The second-order valence-corrected chi connectivity index (χ2v) is 2.88. The SMILES string of the molecule is CC/C=C\C1CC=CCC1. The Kier molecular flexibility index (Phi) is 3.28. The molecule has 0 radical (unpaired) electrons. The quantitative estimate of drug-likeness (QED) is 0.511. The summed E-state index contributed by atoms with van der Waals surface area (Å²) in [5.74, 6) is 0.838. The molecule has 0 fully saturated rings. The molecule has 0 aromatic carbocycles. The van der Waals surface area contributed by atoms with Gasteiger partial charge in [-0.25, -0.2) is 0 Å². The Morgan fingerprint density at radius 2 is 2.40 bits per heavy atom. The van der Waals surface area contributed by atoms with Crippen LogP contribution < -0.4 is 0 Å². The van der Waals surface area contributed by atoms with Gasteiger partial charge in [0, 0.05) is 0 Å². The zero-order valence-electron chi connectivity index (χ0n) is 6.72. The molecule has 0 N–H and O–H groups in total. The van der Waals surface area contributed by atoms with Crippen LogP contribution in [0.15, 0.2) is 24.3 Å². The topological polar surface area (TPSA) is 0 Å². The van der Waals surface area contributed by atoms with Crippen LogP contribution in [-0.2, 0) is 0 Å². The molecule has 0 spiro atoms. The summed E-state index contributed by atoms with van der Waals surface area (Å²) in [6, 6.07) is 0. The van der Waals surface area contributed by atoms with Crippen LogP contribution in [0.3, 0.4) is 0 Å². The fourth-order valence-electron chi connectivity index (χ4n) is 1.32. The maximum Gasteiger partial charge on any atom is -0.0196 e. The molecule has 1 aliphatic carbocycles. The Labute approximate surface area is 63.6 Å². The number of rotatable bonds is 2. The Morgan fingerprint density at radius 3 is 3.00 bits per heavy atom. The van der Waals surface area contributed by atoms with Gasteiger partial charge in [-0.3, -0.25) is 0 Å². The van der Waals surface area contributed by atoms with Gasteiger partial charge in [-0.2, -0.15) is 0 Å². The van der Waals surface area contributed by atoms with Gasteiger partial charge in [-0.1, -0.05) is 31.2 Å². The fraction of sp³-hybridized carbons (Fsp3) is 0.600. The highest BCUT2D eigenvalue weighted by Gasteiger charge is 2.03. The molecule has 0 saturated carbocycles. The molecule has 0 heteroatoms. The molecule has 0 nitrogen and oxygen atoms in total. The summed E-state index contributed by atoms with van der Waals surface area (Å²) in [7, 11) is 0. The molecular formula is C10H16. The van der Waals surface area contributed by atoms with Crippen molar-refractivity contribution in [2.24, 2.45) is 5.92 Å². The van der Waals surface area contributed by atoms with Gasteiger partial charge in [0.05, 0.1) is 0 Å². The van der Waals surface area contributed by atoms with E-state index in [9.17, 15) is 0 Å². The third-order valence-corrected chi connectivity index (χ3v) is 1.95. The molecule has 0 heterocycles. The smallest absolute Gasteiger partial charge is 0.0196 e. The van der Waals surface area contributed by atoms with Gasteiger partial charge >= 0.3 is 0 Å². The van der Waals surface area contributed by atoms with E-state index in [0.29, 0.717) is 0 Å². The average Bonchev–Trinajstić information content (AvgIpc) is 2.03. The van der Waals surface area contributed by atoms with E-state index in [1.54, 1.807) is 0 Å². The predicted octanol–water partition coefficient (Wildman–Crippen LogP) is 3.31. The van der Waals surface area contributed by atoms with E-state index in [-0.39, 0.29) is 0 Å². The zero-order chi connectivity index (χ0) is 7.23. The molecule has 0 saturated heterocycles. The van der Waals surface area contributed by atoms with Crippen LogP contribution in [0.2, 0.25) is 0 Å². The van der Waals surface area contributed by atoms with Crippen molar-refractivity contribution in [1.29, 1.82) is 0 Å².